The molecule has 0 bridgehead atoms. The van der Waals surface area contributed by atoms with E-state index < -0.39 is 11.8 Å². The van der Waals surface area contributed by atoms with E-state index in [9.17, 15) is 14.4 Å². The Morgan fingerprint density at radius 3 is 2.30 bits per heavy atom. The van der Waals surface area contributed by atoms with Gasteiger partial charge in [0.15, 0.2) is 11.5 Å². The second kappa shape index (κ2) is 9.55. The molecule has 30 heavy (non-hydrogen) atoms. The Morgan fingerprint density at radius 1 is 0.900 bits per heavy atom. The van der Waals surface area contributed by atoms with Crippen LogP contribution in [-0.2, 0) is 14.4 Å². The van der Waals surface area contributed by atoms with Crippen molar-refractivity contribution in [2.45, 2.75) is 20.3 Å². The van der Waals surface area contributed by atoms with Crippen molar-refractivity contribution in [1.29, 1.82) is 0 Å². The van der Waals surface area contributed by atoms with E-state index in [2.05, 4.69) is 21.2 Å². The molecule has 9 nitrogen and oxygen atoms in total. The second-order valence-corrected chi connectivity index (χ2v) is 6.69. The summed E-state index contributed by atoms with van der Waals surface area (Å²) in [4.78, 5) is 36.0. The molecule has 3 amide bonds. The molecule has 0 saturated carbocycles. The van der Waals surface area contributed by atoms with E-state index in [1.165, 1.54) is 0 Å². The lowest BCUT2D eigenvalue weighted by atomic mass is 10.2. The van der Waals surface area contributed by atoms with Gasteiger partial charge in [0.25, 0.3) is 0 Å². The highest BCUT2D eigenvalue weighted by molar-refractivity contribution is 6.39. The van der Waals surface area contributed by atoms with Crippen LogP contribution in [0.25, 0.3) is 0 Å². The molecule has 156 valence electrons. The van der Waals surface area contributed by atoms with Crippen LogP contribution in [0.3, 0.4) is 0 Å². The molecule has 9 heteroatoms. The van der Waals surface area contributed by atoms with Gasteiger partial charge in [-0.3, -0.25) is 14.4 Å². The number of hydrogen-bond acceptors (Lipinski definition) is 6. The van der Waals surface area contributed by atoms with Crippen molar-refractivity contribution in [2.24, 2.45) is 5.10 Å². The van der Waals surface area contributed by atoms with Crippen molar-refractivity contribution in [1.82, 2.24) is 5.43 Å². The van der Waals surface area contributed by atoms with Crippen molar-refractivity contribution >= 4 is 34.8 Å². The number of carbonyl (C=O) groups excluding carboxylic acids is 3. The lowest BCUT2D eigenvalue weighted by molar-refractivity contribution is -0.136. The lowest BCUT2D eigenvalue weighted by Gasteiger charge is -2.19. The molecule has 0 fully saturated rings. The van der Waals surface area contributed by atoms with Crippen molar-refractivity contribution in [3.8, 4) is 11.5 Å². The first kappa shape index (κ1) is 20.8. The number of nitrogens with zero attached hydrogens (tertiary/aromatic N) is 1. The molecule has 0 aromatic heterocycles. The third kappa shape index (κ3) is 5.81. The predicted molar refractivity (Wildman–Crippen MR) is 112 cm³/mol. The molecule has 2 aromatic rings. The van der Waals surface area contributed by atoms with E-state index in [1.54, 1.807) is 37.3 Å². The average Bonchev–Trinajstić information content (AvgIpc) is 2.73. The van der Waals surface area contributed by atoms with Crippen LogP contribution in [0.15, 0.2) is 47.6 Å². The molecule has 0 atom stereocenters. The number of hydrogen-bond donors (Lipinski definition) is 3. The number of rotatable bonds is 5. The molecule has 3 N–H and O–H groups in total. The fourth-order valence-electron chi connectivity index (χ4n) is 2.62. The van der Waals surface area contributed by atoms with Gasteiger partial charge in [-0.2, -0.15) is 5.10 Å². The van der Waals surface area contributed by atoms with E-state index in [0.717, 1.165) is 5.56 Å². The van der Waals surface area contributed by atoms with Gasteiger partial charge in [0.1, 0.15) is 13.2 Å². The highest BCUT2D eigenvalue weighted by atomic mass is 16.6. The SMILES string of the molecule is C/C(CC(=O)Nc1ccc2c(c1)OCCO2)=N/NC(=O)C(=O)Nc1ccc(C)cc1. The van der Waals surface area contributed by atoms with Crippen LogP contribution >= 0.6 is 0 Å². The van der Waals surface area contributed by atoms with Crippen LogP contribution in [0.1, 0.15) is 18.9 Å². The Balaban J connectivity index is 1.48. The minimum Gasteiger partial charge on any atom is -0.486 e. The molecular weight excluding hydrogens is 388 g/mol. The zero-order valence-corrected chi connectivity index (χ0v) is 16.7. The number of amides is 3. The van der Waals surface area contributed by atoms with Gasteiger partial charge in [-0.15, -0.1) is 0 Å². The summed E-state index contributed by atoms with van der Waals surface area (Å²) in [6.45, 7) is 4.43. The normalized spacial score (nSPS) is 12.7. The quantitative estimate of drug-likeness (QED) is 0.397. The van der Waals surface area contributed by atoms with E-state index in [1.807, 2.05) is 19.1 Å². The first-order valence-corrected chi connectivity index (χ1v) is 9.31. The van der Waals surface area contributed by atoms with Crippen molar-refractivity contribution < 1.29 is 23.9 Å². The zero-order chi connectivity index (χ0) is 21.5. The number of anilines is 2. The summed E-state index contributed by atoms with van der Waals surface area (Å²) in [7, 11) is 0. The molecular formula is C21H22N4O5. The summed E-state index contributed by atoms with van der Waals surface area (Å²) in [6.07, 6.45) is -0.0612. The molecule has 2 aromatic carbocycles. The molecule has 0 spiro atoms. The van der Waals surface area contributed by atoms with Crippen LogP contribution in [0.4, 0.5) is 11.4 Å². The topological polar surface area (TPSA) is 118 Å². The summed E-state index contributed by atoms with van der Waals surface area (Å²) in [5.74, 6) is -0.913. The van der Waals surface area contributed by atoms with Gasteiger partial charge in [-0.05, 0) is 38.1 Å². The number of nitrogens with one attached hydrogen (secondary N) is 3. The van der Waals surface area contributed by atoms with Crippen LogP contribution in [-0.4, -0.2) is 36.6 Å². The molecule has 0 saturated heterocycles. The monoisotopic (exact) mass is 410 g/mol. The van der Waals surface area contributed by atoms with Crippen LogP contribution in [0, 0.1) is 6.92 Å². The Hall–Kier alpha value is -3.88. The highest BCUT2D eigenvalue weighted by Gasteiger charge is 2.15. The fourth-order valence-corrected chi connectivity index (χ4v) is 2.62. The zero-order valence-electron chi connectivity index (χ0n) is 16.7. The van der Waals surface area contributed by atoms with Gasteiger partial charge >= 0.3 is 11.8 Å². The number of ether oxygens (including phenoxy) is 2. The molecule has 1 heterocycles. The largest absolute Gasteiger partial charge is 0.486 e. The minimum absolute atomic E-state index is 0.0612. The standard InChI is InChI=1S/C21H22N4O5/c1-13-3-5-15(6-4-13)23-20(27)21(28)25-24-14(2)11-19(26)22-16-7-8-17-18(12-16)30-10-9-29-17/h3-8,12H,9-11H2,1-2H3,(H,22,26)(H,23,27)(H,25,28)/b24-14-. The lowest BCUT2D eigenvalue weighted by Crippen LogP contribution is -2.33. The summed E-state index contributed by atoms with van der Waals surface area (Å²) < 4.78 is 10.9. The number of benzene rings is 2. The highest BCUT2D eigenvalue weighted by Crippen LogP contribution is 2.32. The summed E-state index contributed by atoms with van der Waals surface area (Å²) in [5, 5.41) is 9.00. The smallest absolute Gasteiger partial charge is 0.329 e. The van der Waals surface area contributed by atoms with Gasteiger partial charge in [0.05, 0.1) is 6.42 Å². The summed E-state index contributed by atoms with van der Waals surface area (Å²) >= 11 is 0. The number of carbonyl (C=O) groups is 3. The van der Waals surface area contributed by atoms with Gasteiger partial charge in [0, 0.05) is 23.2 Å². The Morgan fingerprint density at radius 2 is 1.57 bits per heavy atom. The van der Waals surface area contributed by atoms with Crippen LogP contribution in [0.5, 0.6) is 11.5 Å². The van der Waals surface area contributed by atoms with E-state index in [-0.39, 0.29) is 12.3 Å². The third-order valence-corrected chi connectivity index (χ3v) is 4.11. The summed E-state index contributed by atoms with van der Waals surface area (Å²) in [5.41, 5.74) is 4.57. The third-order valence-electron chi connectivity index (χ3n) is 4.11. The van der Waals surface area contributed by atoms with Crippen LogP contribution in [0.2, 0.25) is 0 Å². The van der Waals surface area contributed by atoms with Gasteiger partial charge < -0.3 is 20.1 Å². The van der Waals surface area contributed by atoms with E-state index in [0.29, 0.717) is 41.8 Å². The second-order valence-electron chi connectivity index (χ2n) is 6.69. The maximum Gasteiger partial charge on any atom is 0.329 e. The van der Waals surface area contributed by atoms with Gasteiger partial charge in [-0.1, -0.05) is 17.7 Å². The predicted octanol–water partition coefficient (Wildman–Crippen LogP) is 2.23. The maximum atomic E-state index is 12.2. The summed E-state index contributed by atoms with van der Waals surface area (Å²) in [6, 6.07) is 12.1. The van der Waals surface area contributed by atoms with Crippen molar-refractivity contribution in [3.05, 3.63) is 48.0 Å². The molecule has 3 rings (SSSR count). The van der Waals surface area contributed by atoms with Crippen molar-refractivity contribution in [2.75, 3.05) is 23.8 Å². The molecule has 1 aliphatic heterocycles. The first-order chi connectivity index (χ1) is 14.4. The molecule has 0 aliphatic carbocycles. The Labute approximate surface area is 173 Å². The fraction of sp³-hybridized carbons (Fsp3) is 0.238. The van der Waals surface area contributed by atoms with Crippen molar-refractivity contribution in [3.63, 3.8) is 0 Å². The number of fused-ring (bicyclic) bond motifs is 1. The Bertz CT molecular complexity index is 985. The molecule has 1 aliphatic rings. The molecule has 0 radical (unpaired) electrons. The van der Waals surface area contributed by atoms with Gasteiger partial charge in [-0.25, -0.2) is 5.43 Å². The van der Waals surface area contributed by atoms with E-state index in [4.69, 9.17) is 9.47 Å². The maximum absolute atomic E-state index is 12.2. The minimum atomic E-state index is -0.929. The average molecular weight is 410 g/mol. The van der Waals surface area contributed by atoms with E-state index >= 15 is 0 Å². The molecule has 0 unspecified atom stereocenters. The number of hydrazone groups is 1. The Kier molecular flexibility index (Phi) is 6.63. The van der Waals surface area contributed by atoms with Crippen LogP contribution < -0.4 is 25.5 Å². The number of aryl methyl sites for hydroxylation is 1. The first-order valence-electron chi connectivity index (χ1n) is 9.31. The van der Waals surface area contributed by atoms with Gasteiger partial charge in [0.2, 0.25) is 5.91 Å².